The first-order valence-corrected chi connectivity index (χ1v) is 12.3. The lowest BCUT2D eigenvalue weighted by molar-refractivity contribution is 0.998. The van der Waals surface area contributed by atoms with Crippen LogP contribution < -0.4 is 4.90 Å². The van der Waals surface area contributed by atoms with Crippen molar-refractivity contribution in [2.75, 3.05) is 11.4 Å². The highest BCUT2D eigenvalue weighted by atomic mass is 35.5. The van der Waals surface area contributed by atoms with Crippen molar-refractivity contribution in [3.63, 3.8) is 0 Å². The van der Waals surface area contributed by atoms with Crippen LogP contribution in [0, 0.1) is 0 Å². The summed E-state index contributed by atoms with van der Waals surface area (Å²) in [5, 5.41) is 4.13. The van der Waals surface area contributed by atoms with Crippen molar-refractivity contribution in [3.05, 3.63) is 73.6 Å². The van der Waals surface area contributed by atoms with E-state index in [0.717, 1.165) is 29.4 Å². The van der Waals surface area contributed by atoms with Gasteiger partial charge in [0, 0.05) is 31.1 Å². The molecule has 150 valence electrons. The lowest BCUT2D eigenvalue weighted by atomic mass is 10.1. The summed E-state index contributed by atoms with van der Waals surface area (Å²) in [7, 11) is 0. The molecule has 2 aromatic carbocycles. The third-order valence-corrected chi connectivity index (χ3v) is 7.92. The zero-order chi connectivity index (χ0) is 20.5. The molecule has 0 spiro atoms. The summed E-state index contributed by atoms with van der Waals surface area (Å²) in [6, 6.07) is 12.4. The Morgan fingerprint density at radius 2 is 1.79 bits per heavy atom. The number of halogens is 2. The van der Waals surface area contributed by atoms with Gasteiger partial charge in [0.1, 0.15) is 0 Å². The largest absolute Gasteiger partial charge is 0.335 e. The minimum atomic E-state index is 0.784. The molecule has 29 heavy (non-hydrogen) atoms. The summed E-state index contributed by atoms with van der Waals surface area (Å²) < 4.78 is 1.30. The molecule has 0 atom stereocenters. The average Bonchev–Trinajstić information content (AvgIpc) is 3.23. The topological polar surface area (TPSA) is 3.24 Å². The van der Waals surface area contributed by atoms with E-state index in [4.69, 9.17) is 23.2 Å². The predicted molar refractivity (Wildman–Crippen MR) is 133 cm³/mol. The third-order valence-electron chi connectivity index (χ3n) is 5.18. The van der Waals surface area contributed by atoms with E-state index in [1.54, 1.807) is 0 Å². The fourth-order valence-electron chi connectivity index (χ4n) is 3.70. The van der Waals surface area contributed by atoms with Crippen molar-refractivity contribution in [3.8, 4) is 0 Å². The van der Waals surface area contributed by atoms with E-state index in [9.17, 15) is 0 Å². The quantitative estimate of drug-likeness (QED) is 0.374. The smallest absolute Gasteiger partial charge is 0.0804 e. The van der Waals surface area contributed by atoms with Gasteiger partial charge < -0.3 is 4.90 Å². The van der Waals surface area contributed by atoms with Gasteiger partial charge in [-0.15, -0.1) is 11.3 Å². The van der Waals surface area contributed by atoms with Crippen molar-refractivity contribution < 1.29 is 0 Å². The van der Waals surface area contributed by atoms with Crippen molar-refractivity contribution in [1.82, 2.24) is 0 Å². The monoisotopic (exact) mass is 459 g/mol. The molecule has 0 saturated carbocycles. The van der Waals surface area contributed by atoms with E-state index in [1.165, 1.54) is 41.7 Å². The van der Waals surface area contributed by atoms with Crippen LogP contribution in [0.3, 0.4) is 0 Å². The van der Waals surface area contributed by atoms with Gasteiger partial charge in [-0.25, -0.2) is 0 Å². The number of thioether (sulfide) groups is 1. The number of hydrogen-bond donors (Lipinski definition) is 0. The summed E-state index contributed by atoms with van der Waals surface area (Å²) in [5.74, 6) is 0. The highest BCUT2D eigenvalue weighted by Crippen LogP contribution is 2.47. The van der Waals surface area contributed by atoms with Gasteiger partial charge in [-0.3, -0.25) is 0 Å². The molecule has 1 nitrogen and oxygen atoms in total. The van der Waals surface area contributed by atoms with E-state index in [-0.39, 0.29) is 0 Å². The molecule has 2 heterocycles. The van der Waals surface area contributed by atoms with E-state index >= 15 is 0 Å². The average molecular weight is 460 g/mol. The van der Waals surface area contributed by atoms with Gasteiger partial charge in [0.05, 0.1) is 10.7 Å². The minimum absolute atomic E-state index is 0.784. The molecule has 3 aromatic rings. The Bertz CT molecular complexity index is 1130. The van der Waals surface area contributed by atoms with Crippen LogP contribution in [0.15, 0.2) is 58.0 Å². The lowest BCUT2D eigenvalue weighted by Crippen LogP contribution is -2.16. The Morgan fingerprint density at radius 1 is 1.03 bits per heavy atom. The van der Waals surface area contributed by atoms with E-state index < -0.39 is 0 Å². The molecule has 4 rings (SSSR count). The molecule has 0 unspecified atom stereocenters. The van der Waals surface area contributed by atoms with E-state index in [2.05, 4.69) is 62.1 Å². The number of rotatable bonds is 5. The van der Waals surface area contributed by atoms with Crippen LogP contribution in [0.4, 0.5) is 5.69 Å². The molecule has 0 saturated heterocycles. The molecule has 0 aliphatic carbocycles. The molecule has 1 aromatic heterocycles. The Morgan fingerprint density at radius 3 is 2.52 bits per heavy atom. The second-order valence-corrected chi connectivity index (χ2v) is 9.97. The first-order chi connectivity index (χ1) is 14.0. The summed E-state index contributed by atoms with van der Waals surface area (Å²) in [5.41, 5.74) is 3.92. The number of anilines is 1. The van der Waals surface area contributed by atoms with Gasteiger partial charge in [0.15, 0.2) is 0 Å². The Kier molecular flexibility index (Phi) is 6.31. The number of benzene rings is 2. The molecular weight excluding hydrogens is 437 g/mol. The lowest BCUT2D eigenvalue weighted by Gasteiger charge is -2.18. The number of nitrogens with zero attached hydrogens (tertiary/aromatic N) is 1. The Labute approximate surface area is 191 Å². The normalized spacial score (nSPS) is 15.6. The summed E-state index contributed by atoms with van der Waals surface area (Å²) in [6.45, 7) is 7.55. The van der Waals surface area contributed by atoms with Crippen LogP contribution >= 0.6 is 46.3 Å². The van der Waals surface area contributed by atoms with E-state index in [0.29, 0.717) is 0 Å². The highest BCUT2D eigenvalue weighted by molar-refractivity contribution is 8.03. The third kappa shape index (κ3) is 4.11. The fraction of sp³-hybridized carbons (Fsp3) is 0.250. The first kappa shape index (κ1) is 20.9. The fourth-order valence-corrected chi connectivity index (χ4v) is 6.48. The maximum absolute atomic E-state index is 6.25. The SMILES string of the molecule is CCC(=C/c1sc2ccc(Cl)cc2c1CC)/C=C1\Sc2ccc(Cl)cc2N1CC. The molecule has 0 bridgehead atoms. The second kappa shape index (κ2) is 8.77. The van der Waals surface area contributed by atoms with Gasteiger partial charge in [0.25, 0.3) is 0 Å². The van der Waals surface area contributed by atoms with Crippen LogP contribution in [0.2, 0.25) is 10.0 Å². The second-order valence-electron chi connectivity index (χ2n) is 6.95. The molecule has 0 fully saturated rings. The molecule has 1 aliphatic rings. The van der Waals surface area contributed by atoms with Gasteiger partial charge >= 0.3 is 0 Å². The van der Waals surface area contributed by atoms with Crippen LogP contribution in [0.5, 0.6) is 0 Å². The zero-order valence-electron chi connectivity index (χ0n) is 16.8. The van der Waals surface area contributed by atoms with Gasteiger partial charge in [-0.05, 0) is 84.8 Å². The molecule has 0 radical (unpaired) electrons. The first-order valence-electron chi connectivity index (χ1n) is 9.92. The maximum atomic E-state index is 6.25. The van der Waals surface area contributed by atoms with Crippen LogP contribution in [0.25, 0.3) is 16.2 Å². The van der Waals surface area contributed by atoms with Gasteiger partial charge in [0.2, 0.25) is 0 Å². The molecule has 5 heteroatoms. The molecule has 1 aliphatic heterocycles. The zero-order valence-corrected chi connectivity index (χ0v) is 19.9. The number of aryl methyl sites for hydroxylation is 1. The van der Waals surface area contributed by atoms with Crippen molar-refractivity contribution in [1.29, 1.82) is 0 Å². The minimum Gasteiger partial charge on any atom is -0.335 e. The summed E-state index contributed by atoms with van der Waals surface area (Å²) >= 11 is 16.2. The van der Waals surface area contributed by atoms with Crippen molar-refractivity contribution in [2.24, 2.45) is 0 Å². The number of hydrogen-bond acceptors (Lipinski definition) is 3. The number of allylic oxidation sites excluding steroid dienone is 2. The number of fused-ring (bicyclic) bond motifs is 2. The number of thiophene rings is 1. The Hall–Kier alpha value is -1.39. The van der Waals surface area contributed by atoms with Crippen molar-refractivity contribution >= 4 is 68.2 Å². The van der Waals surface area contributed by atoms with Crippen LogP contribution in [0.1, 0.15) is 37.6 Å². The van der Waals surface area contributed by atoms with Crippen LogP contribution in [-0.2, 0) is 6.42 Å². The Balaban J connectivity index is 1.75. The van der Waals surface area contributed by atoms with Crippen LogP contribution in [-0.4, -0.2) is 6.54 Å². The highest BCUT2D eigenvalue weighted by Gasteiger charge is 2.24. The van der Waals surface area contributed by atoms with Gasteiger partial charge in [-0.2, -0.15) is 0 Å². The molecular formula is C24H23Cl2NS2. The summed E-state index contributed by atoms with van der Waals surface area (Å²) in [6.07, 6.45) is 6.67. The molecule has 0 N–H and O–H groups in total. The standard InChI is InChI=1S/C24H23Cl2NS2/c1-4-15(11-23-18(5-2)19-13-16(25)7-9-21(19)28-23)12-24-27(6-3)20-14-17(26)8-10-22(20)29-24/h7-14H,4-6H2,1-3H3/b15-11-,24-12-. The van der Waals surface area contributed by atoms with Crippen molar-refractivity contribution in [2.45, 2.75) is 38.5 Å². The van der Waals surface area contributed by atoms with Gasteiger partial charge in [-0.1, -0.05) is 48.8 Å². The maximum Gasteiger partial charge on any atom is 0.0804 e. The summed E-state index contributed by atoms with van der Waals surface area (Å²) in [4.78, 5) is 4.95. The van der Waals surface area contributed by atoms with E-state index in [1.807, 2.05) is 35.2 Å². The predicted octanol–water partition coefficient (Wildman–Crippen LogP) is 9.04. The molecule has 0 amide bonds.